The zero-order chi connectivity index (χ0) is 16.9. The second-order valence-electron chi connectivity index (χ2n) is 5.32. The number of hydrogen-bond donors (Lipinski definition) is 2. The van der Waals surface area contributed by atoms with Gasteiger partial charge in [-0.1, -0.05) is 12.1 Å². The van der Waals surface area contributed by atoms with E-state index in [2.05, 4.69) is 10.3 Å². The van der Waals surface area contributed by atoms with Crippen LogP contribution in [0.2, 0.25) is 0 Å². The lowest BCUT2D eigenvalue weighted by atomic mass is 10.1. The highest BCUT2D eigenvalue weighted by Crippen LogP contribution is 2.19. The Hall–Kier alpha value is -2.89. The molecule has 0 spiro atoms. The molecule has 0 radical (unpaired) electrons. The van der Waals surface area contributed by atoms with Gasteiger partial charge in [-0.05, 0) is 42.3 Å². The van der Waals surface area contributed by atoms with Crippen LogP contribution < -0.4 is 10.1 Å². The fourth-order valence-corrected chi connectivity index (χ4v) is 2.45. The summed E-state index contributed by atoms with van der Waals surface area (Å²) < 4.78 is 31.8. The van der Waals surface area contributed by atoms with Crippen LogP contribution in [-0.4, -0.2) is 24.0 Å². The third-order valence-corrected chi connectivity index (χ3v) is 3.64. The number of hydrogen-bond acceptors (Lipinski definition) is 2. The van der Waals surface area contributed by atoms with Gasteiger partial charge in [-0.25, -0.2) is 8.78 Å². The van der Waals surface area contributed by atoms with Crippen molar-refractivity contribution in [2.75, 3.05) is 13.2 Å². The Morgan fingerprint density at radius 2 is 2.00 bits per heavy atom. The van der Waals surface area contributed by atoms with Gasteiger partial charge in [-0.2, -0.15) is 0 Å². The average Bonchev–Trinajstić information content (AvgIpc) is 2.96. The Labute approximate surface area is 137 Å². The second-order valence-corrected chi connectivity index (χ2v) is 5.32. The largest absolute Gasteiger partial charge is 0.481 e. The third-order valence-electron chi connectivity index (χ3n) is 3.64. The fraction of sp³-hybridized carbons (Fsp3) is 0.167. The van der Waals surface area contributed by atoms with E-state index in [1.165, 1.54) is 24.3 Å². The number of rotatable bonds is 6. The molecule has 3 aromatic rings. The lowest BCUT2D eigenvalue weighted by Gasteiger charge is -2.08. The van der Waals surface area contributed by atoms with Crippen molar-refractivity contribution in [1.29, 1.82) is 0 Å². The lowest BCUT2D eigenvalue weighted by Crippen LogP contribution is -2.30. The Balaban J connectivity index is 1.50. The lowest BCUT2D eigenvalue weighted by molar-refractivity contribution is -0.123. The van der Waals surface area contributed by atoms with Crippen molar-refractivity contribution in [1.82, 2.24) is 10.3 Å². The minimum Gasteiger partial charge on any atom is -0.481 e. The molecule has 4 nitrogen and oxygen atoms in total. The Morgan fingerprint density at radius 1 is 1.17 bits per heavy atom. The number of amides is 1. The van der Waals surface area contributed by atoms with Crippen LogP contribution in [0.5, 0.6) is 5.75 Å². The molecule has 0 atom stereocenters. The van der Waals surface area contributed by atoms with Crippen molar-refractivity contribution in [3.05, 3.63) is 65.9 Å². The standard InChI is InChI=1S/C18H16F2N2O2/c19-13-5-6-16-14(9-13)12(10-22-16)7-8-21-18(23)11-24-17-4-2-1-3-15(17)20/h1-6,9-10,22H,7-8,11H2,(H,21,23). The molecule has 1 amide bonds. The van der Waals surface area contributed by atoms with Gasteiger partial charge in [0.15, 0.2) is 18.2 Å². The molecule has 0 aliphatic heterocycles. The summed E-state index contributed by atoms with van der Waals surface area (Å²) in [5, 5.41) is 3.49. The second kappa shape index (κ2) is 7.12. The SMILES string of the molecule is O=C(COc1ccccc1F)NCCc1c[nH]c2ccc(F)cc12. The summed E-state index contributed by atoms with van der Waals surface area (Å²) >= 11 is 0. The molecule has 0 saturated heterocycles. The smallest absolute Gasteiger partial charge is 0.257 e. The monoisotopic (exact) mass is 330 g/mol. The molecule has 0 aliphatic carbocycles. The number of halogens is 2. The molecule has 0 saturated carbocycles. The topological polar surface area (TPSA) is 54.1 Å². The number of benzene rings is 2. The van der Waals surface area contributed by atoms with Crippen molar-refractivity contribution in [2.45, 2.75) is 6.42 Å². The van der Waals surface area contributed by atoms with Crippen LogP contribution in [-0.2, 0) is 11.2 Å². The molecule has 0 fully saturated rings. The van der Waals surface area contributed by atoms with Gasteiger partial charge in [0.05, 0.1) is 0 Å². The third kappa shape index (κ3) is 3.71. The number of para-hydroxylation sites is 1. The molecule has 0 bridgehead atoms. The van der Waals surface area contributed by atoms with Crippen molar-refractivity contribution >= 4 is 16.8 Å². The van der Waals surface area contributed by atoms with Gasteiger partial charge < -0.3 is 15.0 Å². The van der Waals surface area contributed by atoms with Crippen molar-refractivity contribution < 1.29 is 18.3 Å². The minimum atomic E-state index is -0.508. The van der Waals surface area contributed by atoms with Crippen molar-refractivity contribution in [3.63, 3.8) is 0 Å². The Kier molecular flexibility index (Phi) is 4.74. The maximum atomic E-state index is 13.4. The quantitative estimate of drug-likeness (QED) is 0.729. The predicted octanol–water partition coefficient (Wildman–Crippen LogP) is 3.18. The predicted molar refractivity (Wildman–Crippen MR) is 86.9 cm³/mol. The normalized spacial score (nSPS) is 10.8. The average molecular weight is 330 g/mol. The fourth-order valence-electron chi connectivity index (χ4n) is 2.45. The highest BCUT2D eigenvalue weighted by molar-refractivity contribution is 5.83. The summed E-state index contributed by atoms with van der Waals surface area (Å²) in [5.74, 6) is -1.11. The molecular weight excluding hydrogens is 314 g/mol. The molecule has 3 rings (SSSR count). The summed E-state index contributed by atoms with van der Waals surface area (Å²) in [7, 11) is 0. The van der Waals surface area contributed by atoms with Crippen LogP contribution >= 0.6 is 0 Å². The molecule has 2 aromatic carbocycles. The molecule has 1 aromatic heterocycles. The van der Waals surface area contributed by atoms with Crippen LogP contribution in [0.15, 0.2) is 48.7 Å². The summed E-state index contributed by atoms with van der Waals surface area (Å²) in [6.07, 6.45) is 2.35. The van der Waals surface area contributed by atoms with E-state index in [1.807, 2.05) is 0 Å². The first kappa shape index (κ1) is 16.0. The van der Waals surface area contributed by atoms with Crippen molar-refractivity contribution in [3.8, 4) is 5.75 Å². The number of nitrogens with one attached hydrogen (secondary N) is 2. The molecule has 0 aliphatic rings. The van der Waals surface area contributed by atoms with E-state index in [0.29, 0.717) is 13.0 Å². The van der Waals surface area contributed by atoms with E-state index < -0.39 is 5.82 Å². The maximum Gasteiger partial charge on any atom is 0.257 e. The number of fused-ring (bicyclic) bond motifs is 1. The number of aromatic nitrogens is 1. The molecule has 1 heterocycles. The highest BCUT2D eigenvalue weighted by atomic mass is 19.1. The van der Waals surface area contributed by atoms with E-state index in [9.17, 15) is 13.6 Å². The zero-order valence-electron chi connectivity index (χ0n) is 12.8. The first-order valence-electron chi connectivity index (χ1n) is 7.53. The molecule has 6 heteroatoms. The van der Waals surface area contributed by atoms with Gasteiger partial charge in [-0.15, -0.1) is 0 Å². The Bertz CT molecular complexity index is 861. The molecule has 124 valence electrons. The first-order chi connectivity index (χ1) is 11.6. The van der Waals surface area contributed by atoms with Gasteiger partial charge in [0.1, 0.15) is 5.82 Å². The summed E-state index contributed by atoms with van der Waals surface area (Å²) in [6, 6.07) is 10.4. The van der Waals surface area contributed by atoms with Gasteiger partial charge in [0.25, 0.3) is 5.91 Å². The number of carbonyl (C=O) groups excluding carboxylic acids is 1. The van der Waals surface area contributed by atoms with Gasteiger partial charge in [0.2, 0.25) is 0 Å². The van der Waals surface area contributed by atoms with E-state index in [0.717, 1.165) is 16.5 Å². The first-order valence-corrected chi connectivity index (χ1v) is 7.53. The summed E-state index contributed by atoms with van der Waals surface area (Å²) in [5.41, 5.74) is 1.76. The van der Waals surface area contributed by atoms with Crippen molar-refractivity contribution in [2.24, 2.45) is 0 Å². The zero-order valence-corrected chi connectivity index (χ0v) is 12.8. The summed E-state index contributed by atoms with van der Waals surface area (Å²) in [4.78, 5) is 14.8. The molecule has 0 unspecified atom stereocenters. The van der Waals surface area contributed by atoms with E-state index >= 15 is 0 Å². The highest BCUT2D eigenvalue weighted by Gasteiger charge is 2.08. The van der Waals surface area contributed by atoms with Crippen LogP contribution in [0.1, 0.15) is 5.56 Å². The Morgan fingerprint density at radius 3 is 2.83 bits per heavy atom. The van der Waals surface area contributed by atoms with Crippen LogP contribution in [0.3, 0.4) is 0 Å². The van der Waals surface area contributed by atoms with Gasteiger partial charge in [-0.3, -0.25) is 4.79 Å². The number of ether oxygens (including phenoxy) is 1. The maximum absolute atomic E-state index is 13.4. The van der Waals surface area contributed by atoms with E-state index in [4.69, 9.17) is 4.74 Å². The van der Waals surface area contributed by atoms with Crippen LogP contribution in [0, 0.1) is 11.6 Å². The molecule has 2 N–H and O–H groups in total. The van der Waals surface area contributed by atoms with Gasteiger partial charge >= 0.3 is 0 Å². The number of carbonyl (C=O) groups is 1. The van der Waals surface area contributed by atoms with E-state index in [-0.39, 0.29) is 24.1 Å². The van der Waals surface area contributed by atoms with Crippen LogP contribution in [0.4, 0.5) is 8.78 Å². The van der Waals surface area contributed by atoms with Crippen LogP contribution in [0.25, 0.3) is 10.9 Å². The molecular formula is C18H16F2N2O2. The van der Waals surface area contributed by atoms with Gasteiger partial charge in [0, 0.05) is 23.6 Å². The number of aromatic amines is 1. The minimum absolute atomic E-state index is 0.0414. The number of H-pyrrole nitrogens is 1. The summed E-state index contributed by atoms with van der Waals surface area (Å²) in [6.45, 7) is 0.117. The van der Waals surface area contributed by atoms with E-state index in [1.54, 1.807) is 24.4 Å². The molecule has 24 heavy (non-hydrogen) atoms.